The topological polar surface area (TPSA) is 190 Å². The maximum atomic E-state index is 11.5. The number of nitrogens with zero attached hydrogens (tertiary/aromatic N) is 4. The summed E-state index contributed by atoms with van der Waals surface area (Å²) in [4.78, 5) is 2.16. The number of anilines is 1. The summed E-state index contributed by atoms with van der Waals surface area (Å²) in [5.41, 5.74) is 1.92. The van der Waals surface area contributed by atoms with Gasteiger partial charge in [0.05, 0.1) is 4.90 Å². The zero-order valence-electron chi connectivity index (χ0n) is 13.0. The van der Waals surface area contributed by atoms with E-state index in [9.17, 15) is 31.0 Å². The minimum atomic E-state index is -4.81. The monoisotopic (exact) mass is 487 g/mol. The van der Waals surface area contributed by atoms with E-state index in [0.29, 0.717) is 0 Å². The Kier molecular flexibility index (Phi) is 6.08. The number of aliphatic imine (C=N–C) groups is 1. The van der Waals surface area contributed by atoms with Gasteiger partial charge in [-0.1, -0.05) is 6.07 Å². The van der Waals surface area contributed by atoms with Gasteiger partial charge >= 0.3 is 0 Å². The van der Waals surface area contributed by atoms with Crippen LogP contribution in [0.2, 0.25) is 0 Å². The van der Waals surface area contributed by atoms with Gasteiger partial charge < -0.3 is 10.1 Å². The molecule has 0 amide bonds. The number of guanidine groups is 1. The predicted octanol–water partition coefficient (Wildman–Crippen LogP) is 1.09. The van der Waals surface area contributed by atoms with E-state index in [-0.39, 0.29) is 55.1 Å². The number of rotatable bonds is 4. The van der Waals surface area contributed by atoms with E-state index in [1.807, 2.05) is 0 Å². The van der Waals surface area contributed by atoms with Gasteiger partial charge in [-0.25, -0.2) is 10.2 Å². The van der Waals surface area contributed by atoms with E-state index in [2.05, 4.69) is 32.1 Å². The van der Waals surface area contributed by atoms with E-state index in [4.69, 9.17) is 0 Å². The molecule has 2 aromatic rings. The first-order valence-electron chi connectivity index (χ1n) is 6.52. The van der Waals surface area contributed by atoms with Crippen LogP contribution >= 0.6 is 0 Å². The minimum absolute atomic E-state index is 0. The van der Waals surface area contributed by atoms with Crippen molar-refractivity contribution in [2.45, 2.75) is 9.79 Å². The summed E-state index contributed by atoms with van der Waals surface area (Å²) in [6.45, 7) is 0. The first-order chi connectivity index (χ1) is 12.1. The van der Waals surface area contributed by atoms with Crippen LogP contribution in [0.5, 0.6) is 5.75 Å². The number of fused-ring (bicyclic) bond motifs is 1. The predicted molar refractivity (Wildman–Crippen MR) is 88.6 cm³/mol. The van der Waals surface area contributed by atoms with Crippen molar-refractivity contribution in [2.24, 2.45) is 20.3 Å². The molecule has 1 aliphatic heterocycles. The Balaban J connectivity index is 0.00000261. The van der Waals surface area contributed by atoms with Crippen LogP contribution in [-0.2, 0) is 52.9 Å². The van der Waals surface area contributed by atoms with E-state index in [1.165, 1.54) is 6.07 Å². The number of phenols is 1. The molecule has 139 valence electrons. The van der Waals surface area contributed by atoms with E-state index in [0.717, 1.165) is 18.2 Å². The van der Waals surface area contributed by atoms with Crippen LogP contribution < -0.4 is 5.43 Å². The van der Waals surface area contributed by atoms with Crippen molar-refractivity contribution in [1.29, 1.82) is 0 Å². The van der Waals surface area contributed by atoms with Crippen LogP contribution in [0.15, 0.2) is 54.4 Å². The second-order valence-corrected chi connectivity index (χ2v) is 7.68. The number of hydrazone groups is 1. The molecule has 15 heteroatoms. The summed E-state index contributed by atoms with van der Waals surface area (Å²) in [7, 11) is -9.38. The van der Waals surface area contributed by atoms with E-state index in [1.54, 1.807) is 0 Å². The molecule has 0 bridgehead atoms. The van der Waals surface area contributed by atoms with Crippen LogP contribution in [0.25, 0.3) is 10.8 Å². The number of azo groups is 1. The minimum Gasteiger partial charge on any atom is -0.504 e. The SMILES string of the molecule is O=S(=O)(O)c1ccc2cc(S(=O)(=O)O)c(O)c(NN=C3N=[C-]N=N3)c2c1.[Y]. The molecule has 0 unspecified atom stereocenters. The average Bonchev–Trinajstić information content (AvgIpc) is 3.04. The Hall–Kier alpha value is -1.84. The number of nitrogens with one attached hydrogen (secondary N) is 1. The quantitative estimate of drug-likeness (QED) is 0.213. The van der Waals surface area contributed by atoms with Crippen molar-refractivity contribution in [3.63, 3.8) is 0 Å². The smallest absolute Gasteiger partial charge is 0.298 e. The molecule has 0 spiro atoms. The number of hydrogen-bond donors (Lipinski definition) is 4. The molecule has 1 heterocycles. The molecule has 0 saturated heterocycles. The van der Waals surface area contributed by atoms with Crippen LogP contribution in [0.3, 0.4) is 0 Å². The van der Waals surface area contributed by atoms with Gasteiger partial charge in [0.1, 0.15) is 16.5 Å². The van der Waals surface area contributed by atoms with Crippen molar-refractivity contribution in [3.05, 3.63) is 24.3 Å². The molecule has 2 aromatic carbocycles. The summed E-state index contributed by atoms with van der Waals surface area (Å²) in [5, 5.41) is 20.7. The molecule has 1 aliphatic rings. The number of aromatic hydroxyl groups is 1. The first-order valence-corrected chi connectivity index (χ1v) is 9.40. The molecular formula is C12H8N5O7S2Y-. The fraction of sp³-hybridized carbons (Fsp3) is 0. The number of benzene rings is 2. The summed E-state index contributed by atoms with van der Waals surface area (Å²) in [6.07, 6.45) is 2.13. The van der Waals surface area contributed by atoms with Gasteiger partial charge in [0, 0.05) is 38.1 Å². The first kappa shape index (κ1) is 21.5. The van der Waals surface area contributed by atoms with Gasteiger partial charge in [-0.05, 0) is 29.9 Å². The van der Waals surface area contributed by atoms with Crippen molar-refractivity contribution >= 4 is 49.0 Å². The van der Waals surface area contributed by atoms with Crippen molar-refractivity contribution in [3.8, 4) is 5.75 Å². The molecule has 0 aliphatic carbocycles. The fourth-order valence-electron chi connectivity index (χ4n) is 2.12. The Morgan fingerprint density at radius 2 is 1.78 bits per heavy atom. The van der Waals surface area contributed by atoms with Gasteiger partial charge in [0.25, 0.3) is 20.2 Å². The molecule has 0 atom stereocenters. The Bertz CT molecular complexity index is 1210. The zero-order valence-corrected chi connectivity index (χ0v) is 17.4. The summed E-state index contributed by atoms with van der Waals surface area (Å²) >= 11 is 0. The summed E-state index contributed by atoms with van der Waals surface area (Å²) in [5.74, 6) is -1.14. The van der Waals surface area contributed by atoms with Crippen molar-refractivity contribution in [2.75, 3.05) is 5.43 Å². The maximum Gasteiger partial charge on any atom is 0.298 e. The average molecular weight is 487 g/mol. The second-order valence-electron chi connectivity index (χ2n) is 4.87. The molecule has 0 aromatic heterocycles. The standard InChI is InChI=1S/C12H8N5O7S2.Y/c18-11-9(26(22,23)24)3-6-1-2-7(25(19,20)21)4-8(6)10(11)15-17-12-13-5-14-16-12;/h1-4,15,18H,(H,19,20,21)(H,22,23,24);/q-1;. The van der Waals surface area contributed by atoms with E-state index >= 15 is 0 Å². The Morgan fingerprint density at radius 1 is 1.07 bits per heavy atom. The fourth-order valence-corrected chi connectivity index (χ4v) is 3.25. The largest absolute Gasteiger partial charge is 0.504 e. The van der Waals surface area contributed by atoms with Crippen molar-refractivity contribution in [1.82, 2.24) is 0 Å². The van der Waals surface area contributed by atoms with Gasteiger partial charge in [-0.2, -0.15) is 16.8 Å². The maximum absolute atomic E-state index is 11.5. The molecule has 12 nitrogen and oxygen atoms in total. The molecule has 0 saturated carbocycles. The molecule has 0 fully saturated rings. The molecule has 3 rings (SSSR count). The number of phenolic OH excluding ortho intramolecular Hbond substituents is 1. The zero-order chi connectivity index (χ0) is 19.1. The number of hydrogen-bond acceptors (Lipinski definition) is 8. The molecule has 4 N–H and O–H groups in total. The van der Waals surface area contributed by atoms with Gasteiger partial charge in [-0.3, -0.25) is 19.6 Å². The second kappa shape index (κ2) is 7.65. The Morgan fingerprint density at radius 3 is 2.33 bits per heavy atom. The molecular weight excluding hydrogens is 479 g/mol. The molecule has 1 radical (unpaired) electrons. The van der Waals surface area contributed by atoms with Crippen LogP contribution in [0.4, 0.5) is 5.69 Å². The third-order valence-electron chi connectivity index (χ3n) is 3.23. The third-order valence-corrected chi connectivity index (χ3v) is 4.95. The van der Waals surface area contributed by atoms with Crippen LogP contribution in [-0.4, -0.2) is 43.3 Å². The molecule has 27 heavy (non-hydrogen) atoms. The Labute approximate surface area is 177 Å². The van der Waals surface area contributed by atoms with Crippen LogP contribution in [0, 0.1) is 0 Å². The summed E-state index contributed by atoms with van der Waals surface area (Å²) in [6, 6.07) is 4.09. The van der Waals surface area contributed by atoms with Gasteiger partial charge in [-0.15, -0.1) is 0 Å². The van der Waals surface area contributed by atoms with Crippen LogP contribution in [0.1, 0.15) is 0 Å². The van der Waals surface area contributed by atoms with Crippen molar-refractivity contribution < 1.29 is 63.8 Å². The van der Waals surface area contributed by atoms with Gasteiger partial charge in [0.2, 0.25) is 0 Å². The van der Waals surface area contributed by atoms with Gasteiger partial charge in [0.15, 0.2) is 5.75 Å². The van der Waals surface area contributed by atoms with E-state index < -0.39 is 35.8 Å². The summed E-state index contributed by atoms with van der Waals surface area (Å²) < 4.78 is 64.0. The third kappa shape index (κ3) is 4.53. The normalized spacial score (nSPS) is 15.3.